The lowest BCUT2D eigenvalue weighted by Crippen LogP contribution is -2.34. The number of hydrogen-bond donors (Lipinski definition) is 1. The van der Waals surface area contributed by atoms with Gasteiger partial charge in [0.2, 0.25) is 0 Å². The molecule has 16 heavy (non-hydrogen) atoms. The third-order valence-electron chi connectivity index (χ3n) is 2.21. The zero-order valence-electron chi connectivity index (χ0n) is 8.64. The normalized spacial score (nSPS) is 27.9. The average Bonchev–Trinajstić information content (AvgIpc) is 2.25. The summed E-state index contributed by atoms with van der Waals surface area (Å²) < 4.78 is 5.36. The van der Waals surface area contributed by atoms with Crippen LogP contribution in [-0.4, -0.2) is 29.0 Å². The molecule has 0 saturated heterocycles. The molecule has 4 nitrogen and oxygen atoms in total. The number of aldehydes is 1. The minimum atomic E-state index is -1.17. The molecule has 1 N–H and O–H groups in total. The Morgan fingerprint density at radius 1 is 1.56 bits per heavy atom. The third-order valence-corrected chi connectivity index (χ3v) is 2.70. The summed E-state index contributed by atoms with van der Waals surface area (Å²) in [6, 6.07) is 0. The van der Waals surface area contributed by atoms with Gasteiger partial charge >= 0.3 is 5.97 Å². The zero-order chi connectivity index (χ0) is 12.0. The van der Waals surface area contributed by atoms with Gasteiger partial charge in [0.05, 0.1) is 5.92 Å². The second kappa shape index (κ2) is 5.82. The van der Waals surface area contributed by atoms with E-state index in [1.54, 1.807) is 24.3 Å². The van der Waals surface area contributed by atoms with Gasteiger partial charge in [-0.05, 0) is 12.5 Å². The van der Waals surface area contributed by atoms with Gasteiger partial charge in [0.1, 0.15) is 6.29 Å². The lowest BCUT2D eigenvalue weighted by Gasteiger charge is -2.29. The number of carboxylic acids is 1. The molecule has 0 aromatic carbocycles. The van der Waals surface area contributed by atoms with Crippen molar-refractivity contribution in [1.29, 1.82) is 0 Å². The van der Waals surface area contributed by atoms with Crippen molar-refractivity contribution in [3.8, 4) is 0 Å². The monoisotopic (exact) mass is 244 g/mol. The molecule has 0 heterocycles. The molecule has 1 aliphatic carbocycles. The first kappa shape index (κ1) is 12.9. The van der Waals surface area contributed by atoms with Crippen LogP contribution in [-0.2, 0) is 14.3 Å². The standard InChI is InChI=1S/C11H13ClO4/c12-11(16-7-3-5-10(14)15)6-2-1-4-9(11)8-13/h1-2,4,6,8-9H,3,5,7H2,(H,14,15). The highest BCUT2D eigenvalue weighted by Crippen LogP contribution is 2.31. The van der Waals surface area contributed by atoms with Crippen molar-refractivity contribution < 1.29 is 19.4 Å². The topological polar surface area (TPSA) is 63.6 Å². The lowest BCUT2D eigenvalue weighted by atomic mass is 9.98. The van der Waals surface area contributed by atoms with Gasteiger partial charge in [-0.25, -0.2) is 0 Å². The van der Waals surface area contributed by atoms with Crippen LogP contribution in [0, 0.1) is 5.92 Å². The van der Waals surface area contributed by atoms with Crippen molar-refractivity contribution in [2.75, 3.05) is 6.61 Å². The molecule has 0 bridgehead atoms. The fourth-order valence-corrected chi connectivity index (χ4v) is 1.62. The second-order valence-electron chi connectivity index (χ2n) is 3.45. The number of alkyl halides is 1. The summed E-state index contributed by atoms with van der Waals surface area (Å²) in [5.41, 5.74) is 0. The fraction of sp³-hybridized carbons (Fsp3) is 0.455. The van der Waals surface area contributed by atoms with Crippen LogP contribution in [0.15, 0.2) is 24.3 Å². The van der Waals surface area contributed by atoms with Crippen LogP contribution in [0.25, 0.3) is 0 Å². The van der Waals surface area contributed by atoms with E-state index in [4.69, 9.17) is 21.4 Å². The Kier molecular flexibility index (Phi) is 4.71. The molecule has 1 rings (SSSR count). The van der Waals surface area contributed by atoms with Gasteiger partial charge in [0.25, 0.3) is 0 Å². The molecule has 0 aromatic rings. The quantitative estimate of drug-likeness (QED) is 0.439. The molecule has 0 spiro atoms. The SMILES string of the molecule is O=CC1C=CC=CC1(Cl)OCCCC(=O)O. The first-order chi connectivity index (χ1) is 7.58. The smallest absolute Gasteiger partial charge is 0.303 e. The molecule has 0 amide bonds. The summed E-state index contributed by atoms with van der Waals surface area (Å²) in [5.74, 6) is -1.41. The molecule has 0 aliphatic heterocycles. The Labute approximate surface area is 98.5 Å². The van der Waals surface area contributed by atoms with E-state index >= 15 is 0 Å². The predicted octanol–water partition coefficient (Wildman–Crippen LogP) is 1.74. The Hall–Kier alpha value is -1.13. The van der Waals surface area contributed by atoms with Crippen molar-refractivity contribution in [2.24, 2.45) is 5.92 Å². The van der Waals surface area contributed by atoms with Gasteiger partial charge in [0, 0.05) is 13.0 Å². The molecular weight excluding hydrogens is 232 g/mol. The number of aliphatic carboxylic acids is 1. The molecule has 0 fully saturated rings. The van der Waals surface area contributed by atoms with E-state index in [-0.39, 0.29) is 13.0 Å². The average molecular weight is 245 g/mol. The Morgan fingerprint density at radius 2 is 2.31 bits per heavy atom. The molecule has 5 heteroatoms. The molecule has 0 aromatic heterocycles. The molecule has 1 aliphatic rings. The maximum atomic E-state index is 10.8. The first-order valence-corrected chi connectivity index (χ1v) is 5.32. The molecule has 0 saturated carbocycles. The van der Waals surface area contributed by atoms with Crippen molar-refractivity contribution in [3.63, 3.8) is 0 Å². The maximum absolute atomic E-state index is 10.8. The summed E-state index contributed by atoms with van der Waals surface area (Å²) in [7, 11) is 0. The largest absolute Gasteiger partial charge is 0.481 e. The van der Waals surface area contributed by atoms with Gasteiger partial charge < -0.3 is 14.6 Å². The number of halogens is 1. The molecule has 2 atom stereocenters. The lowest BCUT2D eigenvalue weighted by molar-refractivity contribution is -0.137. The van der Waals surface area contributed by atoms with E-state index in [1.165, 1.54) is 0 Å². The number of carbonyl (C=O) groups is 2. The van der Waals surface area contributed by atoms with Crippen molar-refractivity contribution in [2.45, 2.75) is 17.9 Å². The number of rotatable bonds is 6. The third kappa shape index (κ3) is 3.47. The summed E-state index contributed by atoms with van der Waals surface area (Å²) in [4.78, 5) is 21.1. The molecule has 88 valence electrons. The van der Waals surface area contributed by atoms with E-state index in [0.29, 0.717) is 12.7 Å². The molecular formula is C11H13ClO4. The maximum Gasteiger partial charge on any atom is 0.303 e. The minimum absolute atomic E-state index is 0.0261. The summed E-state index contributed by atoms with van der Waals surface area (Å²) in [6.07, 6.45) is 7.77. The molecule has 0 radical (unpaired) electrons. The number of carboxylic acid groups (broad SMARTS) is 1. The summed E-state index contributed by atoms with van der Waals surface area (Å²) >= 11 is 6.12. The highest BCUT2D eigenvalue weighted by molar-refractivity contribution is 6.25. The van der Waals surface area contributed by atoms with Gasteiger partial charge in [-0.15, -0.1) is 0 Å². The van der Waals surface area contributed by atoms with Crippen LogP contribution in [0.1, 0.15) is 12.8 Å². The highest BCUT2D eigenvalue weighted by Gasteiger charge is 2.34. The Bertz CT molecular complexity index is 324. The van der Waals surface area contributed by atoms with Crippen LogP contribution < -0.4 is 0 Å². The van der Waals surface area contributed by atoms with Crippen LogP contribution in [0.4, 0.5) is 0 Å². The van der Waals surface area contributed by atoms with E-state index in [9.17, 15) is 9.59 Å². The zero-order valence-corrected chi connectivity index (χ0v) is 9.39. The predicted molar refractivity (Wildman–Crippen MR) is 59.2 cm³/mol. The second-order valence-corrected chi connectivity index (χ2v) is 4.04. The summed E-state index contributed by atoms with van der Waals surface area (Å²) in [6.45, 7) is 0.207. The Morgan fingerprint density at radius 3 is 2.94 bits per heavy atom. The van der Waals surface area contributed by atoms with Gasteiger partial charge in [0.15, 0.2) is 5.06 Å². The summed E-state index contributed by atoms with van der Waals surface area (Å²) in [5, 5.41) is 7.27. The van der Waals surface area contributed by atoms with E-state index in [2.05, 4.69) is 0 Å². The van der Waals surface area contributed by atoms with Crippen LogP contribution in [0.5, 0.6) is 0 Å². The van der Waals surface area contributed by atoms with Crippen LogP contribution in [0.3, 0.4) is 0 Å². The van der Waals surface area contributed by atoms with Crippen LogP contribution in [0.2, 0.25) is 0 Å². The first-order valence-electron chi connectivity index (χ1n) is 4.94. The van der Waals surface area contributed by atoms with Crippen LogP contribution >= 0.6 is 11.6 Å². The van der Waals surface area contributed by atoms with E-state index in [1.807, 2.05) is 0 Å². The fourth-order valence-electron chi connectivity index (χ4n) is 1.35. The van der Waals surface area contributed by atoms with Gasteiger partial charge in [-0.2, -0.15) is 0 Å². The van der Waals surface area contributed by atoms with Gasteiger partial charge in [-0.1, -0.05) is 29.8 Å². The minimum Gasteiger partial charge on any atom is -0.481 e. The van der Waals surface area contributed by atoms with Crippen molar-refractivity contribution >= 4 is 23.9 Å². The molecule has 2 unspecified atom stereocenters. The number of carbonyl (C=O) groups excluding carboxylic acids is 1. The Balaban J connectivity index is 2.44. The van der Waals surface area contributed by atoms with E-state index < -0.39 is 16.9 Å². The number of allylic oxidation sites excluding steroid dienone is 2. The van der Waals surface area contributed by atoms with E-state index in [0.717, 1.165) is 0 Å². The number of hydrogen-bond acceptors (Lipinski definition) is 3. The highest BCUT2D eigenvalue weighted by atomic mass is 35.5. The van der Waals surface area contributed by atoms with Crippen molar-refractivity contribution in [3.05, 3.63) is 24.3 Å². The van der Waals surface area contributed by atoms with Gasteiger partial charge in [-0.3, -0.25) is 4.79 Å². The number of ether oxygens (including phenoxy) is 1. The van der Waals surface area contributed by atoms with Crippen molar-refractivity contribution in [1.82, 2.24) is 0 Å².